The van der Waals surface area contributed by atoms with Crippen LogP contribution in [0.1, 0.15) is 34.6 Å². The Labute approximate surface area is 192 Å². The molecule has 0 bridgehead atoms. The van der Waals surface area contributed by atoms with Gasteiger partial charge in [-0.15, -0.1) is 0 Å². The van der Waals surface area contributed by atoms with E-state index in [0.29, 0.717) is 0 Å². The van der Waals surface area contributed by atoms with Gasteiger partial charge in [0.2, 0.25) is 0 Å². The van der Waals surface area contributed by atoms with Crippen LogP contribution in [0, 0.1) is 5.41 Å². The Morgan fingerprint density at radius 3 is 1.97 bits per heavy atom. The van der Waals surface area contributed by atoms with Crippen LogP contribution in [0.25, 0.3) is 11.2 Å². The summed E-state index contributed by atoms with van der Waals surface area (Å²) in [6.45, 7) is 11.7. The summed E-state index contributed by atoms with van der Waals surface area (Å²) in [5.74, 6) is 0. The third-order valence-corrected chi connectivity index (χ3v) is 6.92. The van der Waals surface area contributed by atoms with Gasteiger partial charge in [0.1, 0.15) is 0 Å². The van der Waals surface area contributed by atoms with Gasteiger partial charge in [0.25, 0.3) is 0 Å². The van der Waals surface area contributed by atoms with E-state index in [1.807, 2.05) is 0 Å². The van der Waals surface area contributed by atoms with Gasteiger partial charge in [-0.25, -0.2) is 0 Å². The zero-order chi connectivity index (χ0) is 22.6. The fraction of sp³-hybridized carbons (Fsp3) is 0.286. The molecular formula is C28H32BN3. The van der Waals surface area contributed by atoms with Crippen LogP contribution in [0.5, 0.6) is 0 Å². The number of nitrogens with zero attached hydrogens (tertiary/aromatic N) is 3. The Kier molecular flexibility index (Phi) is 4.85. The van der Waals surface area contributed by atoms with Gasteiger partial charge in [-0.3, -0.25) is 0 Å². The Balaban J connectivity index is 1.73. The monoisotopic (exact) mass is 421 g/mol. The summed E-state index contributed by atoms with van der Waals surface area (Å²) in [6.07, 6.45) is 0.184. The third-order valence-electron chi connectivity index (χ3n) is 6.92. The van der Waals surface area contributed by atoms with Crippen molar-refractivity contribution in [3.8, 4) is 0 Å². The summed E-state index contributed by atoms with van der Waals surface area (Å²) in [6, 6.07) is 28.5. The van der Waals surface area contributed by atoms with Crippen molar-refractivity contribution in [2.45, 2.75) is 40.8 Å². The molecule has 3 nitrogen and oxygen atoms in total. The Bertz CT molecular complexity index is 1280. The molecule has 3 aromatic carbocycles. The lowest BCUT2D eigenvalue weighted by Crippen LogP contribution is -2.62. The van der Waals surface area contributed by atoms with Crippen molar-refractivity contribution in [3.05, 3.63) is 89.3 Å². The van der Waals surface area contributed by atoms with Gasteiger partial charge in [0, 0.05) is 16.8 Å². The first kappa shape index (κ1) is 20.8. The lowest BCUT2D eigenvalue weighted by Gasteiger charge is -2.45. The fourth-order valence-electron chi connectivity index (χ4n) is 5.80. The molecular weight excluding hydrogens is 389 g/mol. The van der Waals surface area contributed by atoms with Gasteiger partial charge in [-0.2, -0.15) is 0 Å². The van der Waals surface area contributed by atoms with Crippen molar-refractivity contribution in [2.24, 2.45) is 5.41 Å². The molecule has 2 aliphatic heterocycles. The van der Waals surface area contributed by atoms with E-state index in [4.69, 9.17) is 0 Å². The van der Waals surface area contributed by atoms with Crippen LogP contribution in [0.3, 0.4) is 0 Å². The number of anilines is 3. The average Bonchev–Trinajstić information content (AvgIpc) is 3.05. The number of benzene rings is 3. The molecule has 0 aliphatic carbocycles. The van der Waals surface area contributed by atoms with Crippen LogP contribution >= 0.6 is 0 Å². The Morgan fingerprint density at radius 2 is 1.31 bits per heavy atom. The lowest BCUT2D eigenvalue weighted by atomic mass is 9.59. The predicted octanol–water partition coefficient (Wildman–Crippen LogP) is 4.99. The van der Waals surface area contributed by atoms with Crippen LogP contribution < -0.4 is 20.1 Å². The minimum Gasteiger partial charge on any atom is -0.397 e. The summed E-state index contributed by atoms with van der Waals surface area (Å²) in [7, 11) is 2.27. The van der Waals surface area contributed by atoms with Crippen LogP contribution in [0.2, 0.25) is 0 Å². The first-order valence-corrected chi connectivity index (χ1v) is 11.6. The van der Waals surface area contributed by atoms with E-state index >= 15 is 0 Å². The summed E-state index contributed by atoms with van der Waals surface area (Å²) in [5, 5.41) is 2.72. The molecule has 0 unspecified atom stereocenters. The minimum absolute atomic E-state index is 0.0331. The molecule has 0 saturated heterocycles. The van der Waals surface area contributed by atoms with Gasteiger partial charge in [-0.05, 0) is 61.1 Å². The molecule has 0 radical (unpaired) electrons. The highest BCUT2D eigenvalue weighted by Gasteiger charge is 2.45. The quantitative estimate of drug-likeness (QED) is 0.540. The summed E-state index contributed by atoms with van der Waals surface area (Å²) >= 11 is 0. The van der Waals surface area contributed by atoms with Crippen LogP contribution in [-0.2, 0) is 0 Å². The van der Waals surface area contributed by atoms with E-state index in [1.54, 1.807) is 0 Å². The van der Waals surface area contributed by atoms with Gasteiger partial charge in [-0.1, -0.05) is 75.4 Å². The summed E-state index contributed by atoms with van der Waals surface area (Å²) < 4.78 is 0. The highest BCUT2D eigenvalue weighted by atomic mass is 15.4. The zero-order valence-electron chi connectivity index (χ0n) is 20.0. The maximum Gasteiger partial charge on any atom is 0.408 e. The average molecular weight is 421 g/mol. The van der Waals surface area contributed by atoms with Crippen molar-refractivity contribution in [1.82, 2.24) is 4.81 Å². The van der Waals surface area contributed by atoms with Crippen molar-refractivity contribution in [3.63, 3.8) is 0 Å². The number of para-hydroxylation sites is 3. The van der Waals surface area contributed by atoms with Gasteiger partial charge in [0.05, 0.1) is 17.5 Å². The molecule has 0 spiro atoms. The molecule has 5 rings (SSSR count). The fourth-order valence-corrected chi connectivity index (χ4v) is 5.80. The highest BCUT2D eigenvalue weighted by Crippen LogP contribution is 2.46. The summed E-state index contributed by atoms with van der Waals surface area (Å²) in [5.41, 5.74) is 6.60. The number of hydrogen-bond acceptors (Lipinski definition) is 3. The number of rotatable bonds is 2. The molecule has 2 aliphatic rings. The molecule has 2 heterocycles. The van der Waals surface area contributed by atoms with Crippen LogP contribution in [0.4, 0.5) is 17.1 Å². The second-order valence-corrected chi connectivity index (χ2v) is 10.0. The second kappa shape index (κ2) is 7.48. The van der Waals surface area contributed by atoms with Gasteiger partial charge >= 0.3 is 6.98 Å². The standard InChI is InChI=1S/C28H32BN3/c1-20-23-16-10-11-17-24(23)27(28(3,4)5)30(6)29(20)32-21(2)31(22-14-8-7-9-15-22)25-18-12-13-19-26(25)32/h7-19,21H,1-6H3/t21-/m0/s1. The first-order valence-electron chi connectivity index (χ1n) is 11.6. The topological polar surface area (TPSA) is 9.72 Å². The van der Waals surface area contributed by atoms with E-state index in [2.05, 4.69) is 135 Å². The maximum atomic E-state index is 2.60. The Hall–Kier alpha value is -3.14. The predicted molar refractivity (Wildman–Crippen MR) is 138 cm³/mol. The molecule has 0 fully saturated rings. The number of hydrogen-bond donors (Lipinski definition) is 0. The third kappa shape index (κ3) is 3.04. The first-order chi connectivity index (χ1) is 15.3. The normalized spacial score (nSPS) is 18.2. The van der Waals surface area contributed by atoms with Gasteiger partial charge in [0.15, 0.2) is 0 Å². The lowest BCUT2D eigenvalue weighted by molar-refractivity contribution is 0.478. The van der Waals surface area contributed by atoms with E-state index in [-0.39, 0.29) is 18.6 Å². The molecule has 0 saturated carbocycles. The molecule has 0 aromatic heterocycles. The van der Waals surface area contributed by atoms with Gasteiger partial charge < -0.3 is 14.5 Å². The van der Waals surface area contributed by atoms with E-state index < -0.39 is 0 Å². The molecule has 3 aromatic rings. The smallest absolute Gasteiger partial charge is 0.397 e. The van der Waals surface area contributed by atoms with E-state index in [1.165, 1.54) is 38.7 Å². The molecule has 4 heteroatoms. The van der Waals surface area contributed by atoms with E-state index in [0.717, 1.165) is 0 Å². The Morgan fingerprint density at radius 1 is 0.750 bits per heavy atom. The largest absolute Gasteiger partial charge is 0.408 e. The van der Waals surface area contributed by atoms with Crippen LogP contribution in [-0.4, -0.2) is 25.0 Å². The highest BCUT2D eigenvalue weighted by molar-refractivity contribution is 6.79. The van der Waals surface area contributed by atoms with E-state index in [9.17, 15) is 0 Å². The van der Waals surface area contributed by atoms with Crippen molar-refractivity contribution in [1.29, 1.82) is 0 Å². The molecule has 32 heavy (non-hydrogen) atoms. The minimum atomic E-state index is 0.0331. The second-order valence-electron chi connectivity index (χ2n) is 10.0. The SMILES string of the molecule is CC1=c2ccccc2=C(C(C)(C)C)N(C)B1N1c2ccccc2N(c2ccccc2)[C@@H]1C. The molecule has 1 atom stereocenters. The summed E-state index contributed by atoms with van der Waals surface area (Å²) in [4.78, 5) is 7.58. The molecule has 0 amide bonds. The maximum absolute atomic E-state index is 2.60. The zero-order valence-corrected chi connectivity index (χ0v) is 20.0. The molecule has 162 valence electrons. The number of fused-ring (bicyclic) bond motifs is 2. The van der Waals surface area contributed by atoms with Crippen molar-refractivity contribution < 1.29 is 0 Å². The van der Waals surface area contributed by atoms with Crippen LogP contribution in [0.15, 0.2) is 78.9 Å². The molecule has 0 N–H and O–H groups in total. The van der Waals surface area contributed by atoms with Crippen molar-refractivity contribution in [2.75, 3.05) is 16.8 Å². The van der Waals surface area contributed by atoms with Crippen molar-refractivity contribution >= 4 is 35.2 Å².